The number of rotatable bonds is 8. The molecule has 1 atom stereocenters. The van der Waals surface area contributed by atoms with Crippen LogP contribution in [0.2, 0.25) is 5.02 Å². The van der Waals surface area contributed by atoms with Gasteiger partial charge in [0.05, 0.1) is 5.02 Å². The molecule has 3 N–H and O–H groups in total. The van der Waals surface area contributed by atoms with E-state index in [4.69, 9.17) is 11.6 Å². The summed E-state index contributed by atoms with van der Waals surface area (Å²) in [6, 6.07) is 12.3. The summed E-state index contributed by atoms with van der Waals surface area (Å²) in [4.78, 5) is 37.9. The number of urea groups is 1. The van der Waals surface area contributed by atoms with Crippen LogP contribution in [0.1, 0.15) is 42.1 Å². The molecule has 0 spiro atoms. The first-order chi connectivity index (χ1) is 15.6. The van der Waals surface area contributed by atoms with Crippen LogP contribution in [-0.4, -0.2) is 42.9 Å². The summed E-state index contributed by atoms with van der Waals surface area (Å²) < 4.78 is 27.6. The number of carbonyl (C=O) groups is 3. The van der Waals surface area contributed by atoms with Crippen LogP contribution >= 0.6 is 11.6 Å². The SMILES string of the molecule is CC1(CCc2ccccc2)NC(=O)N(NC(=O)c2ccc(Cl)c(S(=O)(=O)NC3CC3)c2)C1=O. The maximum Gasteiger partial charge on any atom is 0.344 e. The fourth-order valence-electron chi connectivity index (χ4n) is 3.50. The van der Waals surface area contributed by atoms with Crippen molar-refractivity contribution in [3.63, 3.8) is 0 Å². The van der Waals surface area contributed by atoms with Gasteiger partial charge in [-0.3, -0.25) is 15.0 Å². The summed E-state index contributed by atoms with van der Waals surface area (Å²) in [5, 5.41) is 3.21. The lowest BCUT2D eigenvalue weighted by molar-refractivity contribution is -0.132. The Bertz CT molecular complexity index is 1220. The van der Waals surface area contributed by atoms with E-state index >= 15 is 0 Å². The Balaban J connectivity index is 1.47. The average molecular weight is 491 g/mol. The second-order valence-corrected chi connectivity index (χ2v) is 10.5. The fourth-order valence-corrected chi connectivity index (χ4v) is 5.33. The molecular weight excluding hydrogens is 468 g/mol. The van der Waals surface area contributed by atoms with Gasteiger partial charge in [-0.1, -0.05) is 41.9 Å². The van der Waals surface area contributed by atoms with E-state index in [2.05, 4.69) is 15.5 Å². The molecule has 2 fully saturated rings. The Hall–Kier alpha value is -2.95. The largest absolute Gasteiger partial charge is 0.344 e. The number of hydrogen-bond acceptors (Lipinski definition) is 5. The average Bonchev–Trinajstić information content (AvgIpc) is 3.56. The molecule has 2 aromatic rings. The summed E-state index contributed by atoms with van der Waals surface area (Å²) >= 11 is 6.05. The van der Waals surface area contributed by atoms with Crippen molar-refractivity contribution < 1.29 is 22.8 Å². The molecule has 1 aliphatic carbocycles. The van der Waals surface area contributed by atoms with Crippen LogP contribution in [0.4, 0.5) is 4.79 Å². The van der Waals surface area contributed by atoms with Crippen molar-refractivity contribution in [2.45, 2.75) is 49.1 Å². The molecule has 1 aliphatic heterocycles. The van der Waals surface area contributed by atoms with Crippen LogP contribution in [-0.2, 0) is 21.2 Å². The lowest BCUT2D eigenvalue weighted by atomic mass is 9.93. The zero-order valence-corrected chi connectivity index (χ0v) is 19.4. The highest BCUT2D eigenvalue weighted by atomic mass is 35.5. The Labute approximate surface area is 196 Å². The molecule has 1 unspecified atom stereocenters. The number of imide groups is 1. The molecule has 4 amide bonds. The van der Waals surface area contributed by atoms with Crippen molar-refractivity contribution in [1.29, 1.82) is 0 Å². The summed E-state index contributed by atoms with van der Waals surface area (Å²) in [7, 11) is -3.91. The van der Waals surface area contributed by atoms with E-state index in [1.807, 2.05) is 30.3 Å². The highest BCUT2D eigenvalue weighted by Gasteiger charge is 2.48. The molecular formula is C22H23ClN4O5S. The molecule has 0 aromatic heterocycles. The van der Waals surface area contributed by atoms with Crippen molar-refractivity contribution in [2.24, 2.45) is 0 Å². The van der Waals surface area contributed by atoms with Crippen LogP contribution in [0.5, 0.6) is 0 Å². The molecule has 33 heavy (non-hydrogen) atoms. The third kappa shape index (κ3) is 5.02. The topological polar surface area (TPSA) is 125 Å². The molecule has 174 valence electrons. The van der Waals surface area contributed by atoms with Gasteiger partial charge in [0.2, 0.25) is 10.0 Å². The number of carbonyl (C=O) groups excluding carboxylic acids is 3. The highest BCUT2D eigenvalue weighted by Crippen LogP contribution is 2.27. The Morgan fingerprint density at radius 1 is 1.18 bits per heavy atom. The quantitative estimate of drug-likeness (QED) is 0.490. The summed E-state index contributed by atoms with van der Waals surface area (Å²) in [5.41, 5.74) is 2.03. The van der Waals surface area contributed by atoms with Crippen LogP contribution in [0.15, 0.2) is 53.4 Å². The van der Waals surface area contributed by atoms with Gasteiger partial charge in [0.25, 0.3) is 11.8 Å². The van der Waals surface area contributed by atoms with E-state index in [0.717, 1.165) is 24.5 Å². The van der Waals surface area contributed by atoms with Gasteiger partial charge in [-0.25, -0.2) is 17.9 Å². The van der Waals surface area contributed by atoms with Gasteiger partial charge in [-0.15, -0.1) is 0 Å². The van der Waals surface area contributed by atoms with Crippen molar-refractivity contribution in [3.05, 3.63) is 64.7 Å². The molecule has 0 bridgehead atoms. The minimum Gasteiger partial charge on any atom is -0.322 e. The van der Waals surface area contributed by atoms with Gasteiger partial charge in [0.15, 0.2) is 0 Å². The molecule has 4 rings (SSSR count). The minimum atomic E-state index is -3.91. The van der Waals surface area contributed by atoms with Gasteiger partial charge in [-0.2, -0.15) is 5.01 Å². The molecule has 2 aliphatic rings. The number of amides is 4. The molecule has 1 saturated carbocycles. The second kappa shape index (κ2) is 8.77. The van der Waals surface area contributed by atoms with Crippen LogP contribution < -0.4 is 15.5 Å². The van der Waals surface area contributed by atoms with Crippen molar-refractivity contribution in [2.75, 3.05) is 0 Å². The highest BCUT2D eigenvalue weighted by molar-refractivity contribution is 7.89. The van der Waals surface area contributed by atoms with Gasteiger partial charge < -0.3 is 5.32 Å². The molecule has 1 heterocycles. The van der Waals surface area contributed by atoms with Gasteiger partial charge in [0.1, 0.15) is 10.4 Å². The third-order valence-electron chi connectivity index (χ3n) is 5.61. The Morgan fingerprint density at radius 3 is 2.55 bits per heavy atom. The van der Waals surface area contributed by atoms with Gasteiger partial charge >= 0.3 is 6.03 Å². The van der Waals surface area contributed by atoms with Crippen molar-refractivity contribution in [1.82, 2.24) is 20.5 Å². The maximum absolute atomic E-state index is 12.9. The summed E-state index contributed by atoms with van der Waals surface area (Å²) in [6.07, 6.45) is 2.38. The van der Waals surface area contributed by atoms with Crippen LogP contribution in [0.25, 0.3) is 0 Å². The van der Waals surface area contributed by atoms with Gasteiger partial charge in [0, 0.05) is 11.6 Å². The number of halogens is 1. The predicted octanol–water partition coefficient (Wildman–Crippen LogP) is 2.37. The monoisotopic (exact) mass is 490 g/mol. The van der Waals surface area contributed by atoms with E-state index in [9.17, 15) is 22.8 Å². The molecule has 11 heteroatoms. The molecule has 1 saturated heterocycles. The number of hydrogen-bond donors (Lipinski definition) is 3. The first-order valence-corrected chi connectivity index (χ1v) is 12.3. The van der Waals surface area contributed by atoms with Crippen LogP contribution in [0, 0.1) is 0 Å². The van der Waals surface area contributed by atoms with E-state index in [1.54, 1.807) is 6.92 Å². The Morgan fingerprint density at radius 2 is 1.88 bits per heavy atom. The zero-order valence-electron chi connectivity index (χ0n) is 17.8. The molecule has 2 aromatic carbocycles. The van der Waals surface area contributed by atoms with E-state index < -0.39 is 33.4 Å². The maximum atomic E-state index is 12.9. The number of benzene rings is 2. The predicted molar refractivity (Wildman–Crippen MR) is 121 cm³/mol. The molecule has 0 radical (unpaired) electrons. The van der Waals surface area contributed by atoms with E-state index in [0.29, 0.717) is 17.9 Å². The number of aryl methyl sites for hydroxylation is 1. The van der Waals surface area contributed by atoms with Gasteiger partial charge in [-0.05, 0) is 56.4 Å². The third-order valence-corrected chi connectivity index (χ3v) is 7.62. The number of nitrogens with one attached hydrogen (secondary N) is 3. The Kier molecular flexibility index (Phi) is 6.17. The van der Waals surface area contributed by atoms with Crippen molar-refractivity contribution >= 4 is 39.5 Å². The first kappa shape index (κ1) is 23.2. The molecule has 9 nitrogen and oxygen atoms in total. The number of sulfonamides is 1. The lowest BCUT2D eigenvalue weighted by Gasteiger charge is -2.21. The summed E-state index contributed by atoms with van der Waals surface area (Å²) in [6.45, 7) is 1.60. The summed E-state index contributed by atoms with van der Waals surface area (Å²) in [5.74, 6) is -1.42. The number of hydrazine groups is 1. The first-order valence-electron chi connectivity index (χ1n) is 10.4. The standard InChI is InChI=1S/C22H23ClN4O5S/c1-22(12-11-14-5-3-2-4-6-14)20(29)27(21(30)24-22)25-19(28)15-7-10-17(23)18(13-15)33(31,32)26-16-8-9-16/h2-7,10,13,16,26H,8-9,11-12H2,1H3,(H,24,30)(H,25,28). The zero-order chi connectivity index (χ0) is 23.8. The lowest BCUT2D eigenvalue weighted by Crippen LogP contribution is -2.49. The van der Waals surface area contributed by atoms with Crippen molar-refractivity contribution in [3.8, 4) is 0 Å². The normalized spacial score (nSPS) is 20.6. The minimum absolute atomic E-state index is 0.0387. The van der Waals surface area contributed by atoms with E-state index in [-0.39, 0.29) is 21.5 Å². The second-order valence-electron chi connectivity index (χ2n) is 8.37. The smallest absolute Gasteiger partial charge is 0.322 e. The van der Waals surface area contributed by atoms with Crippen LogP contribution in [0.3, 0.4) is 0 Å². The number of nitrogens with zero attached hydrogens (tertiary/aromatic N) is 1. The fraction of sp³-hybridized carbons (Fsp3) is 0.318. The van der Waals surface area contributed by atoms with E-state index in [1.165, 1.54) is 12.1 Å².